The maximum absolute atomic E-state index is 12.6. The van der Waals surface area contributed by atoms with E-state index >= 15 is 0 Å². The molecule has 0 fully saturated rings. The first kappa shape index (κ1) is 18.7. The summed E-state index contributed by atoms with van der Waals surface area (Å²) < 4.78 is 32.8. The van der Waals surface area contributed by atoms with Gasteiger partial charge < -0.3 is 9.73 Å². The van der Waals surface area contributed by atoms with Gasteiger partial charge in [0.2, 0.25) is 0 Å². The van der Waals surface area contributed by atoms with E-state index in [9.17, 15) is 13.2 Å². The molecule has 0 atom stereocenters. The van der Waals surface area contributed by atoms with Gasteiger partial charge in [0.05, 0.1) is 17.4 Å². The predicted octanol–water partition coefficient (Wildman–Crippen LogP) is 3.63. The summed E-state index contributed by atoms with van der Waals surface area (Å²) in [6.07, 6.45) is 3.10. The lowest BCUT2D eigenvalue weighted by Gasteiger charge is -2.11. The van der Waals surface area contributed by atoms with Crippen molar-refractivity contribution in [2.45, 2.75) is 25.3 Å². The van der Waals surface area contributed by atoms with E-state index in [1.165, 1.54) is 0 Å². The Bertz CT molecular complexity index is 1040. The summed E-state index contributed by atoms with van der Waals surface area (Å²) in [5.41, 5.74) is 3.23. The second kappa shape index (κ2) is 7.67. The van der Waals surface area contributed by atoms with Gasteiger partial charge in [0, 0.05) is 23.4 Å². The molecule has 0 aliphatic heterocycles. The van der Waals surface area contributed by atoms with Crippen molar-refractivity contribution in [1.29, 1.82) is 0 Å². The highest BCUT2D eigenvalue weighted by Crippen LogP contribution is 2.21. The largest absolute Gasteiger partial charge is 0.472 e. The van der Waals surface area contributed by atoms with Gasteiger partial charge in [0.15, 0.2) is 0 Å². The highest BCUT2D eigenvalue weighted by atomic mass is 32.2. The fraction of sp³-hybridized carbons (Fsp3) is 0.150. The van der Waals surface area contributed by atoms with Gasteiger partial charge in [-0.15, -0.1) is 0 Å². The molecule has 0 spiro atoms. The monoisotopic (exact) mass is 384 g/mol. The van der Waals surface area contributed by atoms with Gasteiger partial charge in [-0.2, -0.15) is 0 Å². The lowest BCUT2D eigenvalue weighted by molar-refractivity contribution is 0.0951. The highest BCUT2D eigenvalue weighted by molar-refractivity contribution is 7.92. The number of furan rings is 1. The van der Waals surface area contributed by atoms with Crippen molar-refractivity contribution in [3.63, 3.8) is 0 Å². The summed E-state index contributed by atoms with van der Waals surface area (Å²) in [6.45, 7) is 3.95. The number of amides is 1. The molecule has 1 aromatic heterocycles. The first-order valence-corrected chi connectivity index (χ1v) is 9.83. The van der Waals surface area contributed by atoms with Crippen LogP contribution in [0.15, 0.2) is 70.4 Å². The average Bonchev–Trinajstić information content (AvgIpc) is 3.15. The van der Waals surface area contributed by atoms with E-state index < -0.39 is 10.0 Å². The van der Waals surface area contributed by atoms with Crippen LogP contribution in [0.1, 0.15) is 27.0 Å². The fourth-order valence-electron chi connectivity index (χ4n) is 2.57. The Kier molecular flexibility index (Phi) is 5.32. The van der Waals surface area contributed by atoms with E-state index in [0.717, 1.165) is 11.1 Å². The first-order chi connectivity index (χ1) is 12.8. The zero-order valence-corrected chi connectivity index (χ0v) is 15.8. The molecule has 2 aromatic carbocycles. The third kappa shape index (κ3) is 4.57. The summed E-state index contributed by atoms with van der Waals surface area (Å²) in [5.74, 6) is -0.250. The molecule has 27 heavy (non-hydrogen) atoms. The molecule has 0 aliphatic rings. The number of anilines is 1. The Morgan fingerprint density at radius 1 is 1.04 bits per heavy atom. The zero-order valence-electron chi connectivity index (χ0n) is 15.0. The van der Waals surface area contributed by atoms with Crippen molar-refractivity contribution in [2.24, 2.45) is 0 Å². The van der Waals surface area contributed by atoms with Crippen molar-refractivity contribution in [2.75, 3.05) is 4.72 Å². The average molecular weight is 384 g/mol. The summed E-state index contributed by atoms with van der Waals surface area (Å²) in [6, 6.07) is 13.3. The van der Waals surface area contributed by atoms with Crippen LogP contribution in [0.3, 0.4) is 0 Å². The molecule has 0 saturated heterocycles. The Balaban J connectivity index is 1.69. The number of hydrogen-bond acceptors (Lipinski definition) is 4. The van der Waals surface area contributed by atoms with Crippen LogP contribution in [-0.4, -0.2) is 14.3 Å². The van der Waals surface area contributed by atoms with E-state index in [4.69, 9.17) is 4.42 Å². The number of aryl methyl sites for hydroxylation is 2. The lowest BCUT2D eigenvalue weighted by atomic mass is 10.2. The van der Waals surface area contributed by atoms with Crippen LogP contribution in [0, 0.1) is 13.8 Å². The molecule has 7 heteroatoms. The molecular weight excluding hydrogens is 364 g/mol. The van der Waals surface area contributed by atoms with E-state index in [1.54, 1.807) is 61.9 Å². The quantitative estimate of drug-likeness (QED) is 0.679. The number of carbonyl (C=O) groups excluding carboxylic acids is 1. The smallest absolute Gasteiger partial charge is 0.262 e. The summed E-state index contributed by atoms with van der Waals surface area (Å²) >= 11 is 0. The number of nitrogens with one attached hydrogen (secondary N) is 2. The van der Waals surface area contributed by atoms with Crippen molar-refractivity contribution >= 4 is 21.6 Å². The fourth-order valence-corrected chi connectivity index (χ4v) is 3.96. The molecule has 3 rings (SSSR count). The van der Waals surface area contributed by atoms with Crippen LogP contribution >= 0.6 is 0 Å². The lowest BCUT2D eigenvalue weighted by Crippen LogP contribution is -2.22. The van der Waals surface area contributed by atoms with Crippen molar-refractivity contribution < 1.29 is 17.6 Å². The molecule has 140 valence electrons. The zero-order chi connectivity index (χ0) is 19.4. The summed E-state index contributed by atoms with van der Waals surface area (Å²) in [7, 11) is -3.70. The molecule has 0 saturated carbocycles. The Hall–Kier alpha value is -3.06. The van der Waals surface area contributed by atoms with E-state index in [1.807, 2.05) is 13.0 Å². The minimum absolute atomic E-state index is 0.240. The first-order valence-electron chi connectivity index (χ1n) is 8.34. The maximum Gasteiger partial charge on any atom is 0.262 e. The van der Waals surface area contributed by atoms with Gasteiger partial charge in [-0.3, -0.25) is 9.52 Å². The number of rotatable bonds is 6. The molecule has 1 amide bonds. The van der Waals surface area contributed by atoms with E-state index in [0.29, 0.717) is 23.4 Å². The summed E-state index contributed by atoms with van der Waals surface area (Å²) in [4.78, 5) is 12.4. The Labute approximate surface area is 158 Å². The van der Waals surface area contributed by atoms with Crippen LogP contribution in [-0.2, 0) is 16.6 Å². The van der Waals surface area contributed by atoms with E-state index in [2.05, 4.69) is 10.0 Å². The number of carbonyl (C=O) groups is 1. The number of benzene rings is 2. The third-order valence-electron chi connectivity index (χ3n) is 4.07. The number of hydrogen-bond donors (Lipinski definition) is 2. The molecule has 2 N–H and O–H groups in total. The van der Waals surface area contributed by atoms with Gasteiger partial charge >= 0.3 is 0 Å². The second-order valence-corrected chi connectivity index (χ2v) is 7.92. The highest BCUT2D eigenvalue weighted by Gasteiger charge is 2.17. The minimum atomic E-state index is -3.70. The van der Waals surface area contributed by atoms with Crippen molar-refractivity contribution in [3.8, 4) is 0 Å². The Morgan fingerprint density at radius 2 is 1.78 bits per heavy atom. The van der Waals surface area contributed by atoms with Gasteiger partial charge in [-0.1, -0.05) is 12.1 Å². The molecule has 1 heterocycles. The van der Waals surface area contributed by atoms with Gasteiger partial charge in [0.1, 0.15) is 0 Å². The normalized spacial score (nSPS) is 11.2. The van der Waals surface area contributed by atoms with Gasteiger partial charge in [-0.25, -0.2) is 8.42 Å². The molecule has 0 radical (unpaired) electrons. The van der Waals surface area contributed by atoms with Crippen LogP contribution in [0.4, 0.5) is 5.69 Å². The molecule has 0 aliphatic carbocycles. The van der Waals surface area contributed by atoms with Crippen LogP contribution in [0.25, 0.3) is 0 Å². The predicted molar refractivity (Wildman–Crippen MR) is 103 cm³/mol. The van der Waals surface area contributed by atoms with Crippen LogP contribution < -0.4 is 10.0 Å². The third-order valence-corrected chi connectivity index (χ3v) is 5.59. The number of sulfonamides is 1. The van der Waals surface area contributed by atoms with Crippen LogP contribution in [0.5, 0.6) is 0 Å². The second-order valence-electron chi connectivity index (χ2n) is 6.27. The molecule has 0 unspecified atom stereocenters. The molecule has 0 bridgehead atoms. The topological polar surface area (TPSA) is 88.4 Å². The minimum Gasteiger partial charge on any atom is -0.472 e. The van der Waals surface area contributed by atoms with Crippen molar-refractivity contribution in [3.05, 3.63) is 83.3 Å². The standard InChI is InChI=1S/C20H20N2O4S/c1-14-3-4-15(2)19(11-14)27(24,25)22-18-7-5-17(6-8-18)20(23)21-12-16-9-10-26-13-16/h3-11,13,22H,12H2,1-2H3,(H,21,23). The van der Waals surface area contributed by atoms with Gasteiger partial charge in [0.25, 0.3) is 15.9 Å². The van der Waals surface area contributed by atoms with E-state index in [-0.39, 0.29) is 10.8 Å². The Morgan fingerprint density at radius 3 is 2.44 bits per heavy atom. The molecule has 6 nitrogen and oxygen atoms in total. The molecule has 3 aromatic rings. The van der Waals surface area contributed by atoms with Crippen molar-refractivity contribution in [1.82, 2.24) is 5.32 Å². The maximum atomic E-state index is 12.6. The van der Waals surface area contributed by atoms with Gasteiger partial charge in [-0.05, 0) is 61.4 Å². The molecular formula is C20H20N2O4S. The SMILES string of the molecule is Cc1ccc(C)c(S(=O)(=O)Nc2ccc(C(=O)NCc3ccoc3)cc2)c1. The summed E-state index contributed by atoms with van der Waals surface area (Å²) in [5, 5.41) is 2.77. The van der Waals surface area contributed by atoms with Crippen LogP contribution in [0.2, 0.25) is 0 Å².